The molecule has 62 valence electrons. The fourth-order valence-electron chi connectivity index (χ4n) is 0.916. The second kappa shape index (κ2) is 2.95. The molecule has 0 radical (unpaired) electrons. The molecule has 0 fully saturated rings. The van der Waals surface area contributed by atoms with E-state index in [2.05, 4.69) is 32.9 Å². The third kappa shape index (κ3) is 1.82. The molecule has 1 atom stereocenters. The predicted octanol–water partition coefficient (Wildman–Crippen LogP) is 2.64. The number of thiophene rings is 1. The molecule has 1 aromatic rings. The Balaban J connectivity index is 2.92. The zero-order chi connectivity index (χ0) is 8.48. The zero-order valence-electron chi connectivity index (χ0n) is 7.35. The summed E-state index contributed by atoms with van der Waals surface area (Å²) in [6.45, 7) is 6.31. The van der Waals surface area contributed by atoms with Crippen LogP contribution < -0.4 is 5.73 Å². The molecule has 1 heterocycles. The molecule has 0 saturated heterocycles. The molecule has 1 nitrogen and oxygen atoms in total. The van der Waals surface area contributed by atoms with Crippen LogP contribution in [-0.2, 0) is 5.54 Å². The Labute approximate surface area is 72.2 Å². The lowest BCUT2D eigenvalue weighted by atomic mass is 9.99. The van der Waals surface area contributed by atoms with E-state index in [0.29, 0.717) is 0 Å². The minimum atomic E-state index is -0.126. The fourth-order valence-corrected chi connectivity index (χ4v) is 1.91. The van der Waals surface area contributed by atoms with Gasteiger partial charge in [0.25, 0.3) is 0 Å². The molecular formula is C9H15NS. The van der Waals surface area contributed by atoms with Gasteiger partial charge in [-0.15, -0.1) is 11.3 Å². The van der Waals surface area contributed by atoms with E-state index in [9.17, 15) is 0 Å². The van der Waals surface area contributed by atoms with E-state index in [0.717, 1.165) is 6.42 Å². The summed E-state index contributed by atoms with van der Waals surface area (Å²) in [5, 5.41) is 0. The van der Waals surface area contributed by atoms with Crippen LogP contribution in [0.3, 0.4) is 0 Å². The molecule has 1 rings (SSSR count). The van der Waals surface area contributed by atoms with Crippen molar-refractivity contribution in [2.75, 3.05) is 0 Å². The molecule has 1 aromatic heterocycles. The van der Waals surface area contributed by atoms with Gasteiger partial charge in [0.05, 0.1) is 0 Å². The minimum absolute atomic E-state index is 0.126. The first-order valence-corrected chi connectivity index (χ1v) is 4.73. The van der Waals surface area contributed by atoms with Gasteiger partial charge in [-0.05, 0) is 32.4 Å². The highest BCUT2D eigenvalue weighted by Crippen LogP contribution is 2.27. The smallest absolute Gasteiger partial charge is 0.0472 e. The summed E-state index contributed by atoms with van der Waals surface area (Å²) in [6, 6.07) is 4.25. The van der Waals surface area contributed by atoms with Crippen LogP contribution in [0.5, 0.6) is 0 Å². The van der Waals surface area contributed by atoms with Gasteiger partial charge in [-0.25, -0.2) is 0 Å². The van der Waals surface area contributed by atoms with E-state index in [-0.39, 0.29) is 5.54 Å². The molecule has 0 aliphatic rings. The van der Waals surface area contributed by atoms with E-state index in [1.165, 1.54) is 9.75 Å². The monoisotopic (exact) mass is 169 g/mol. The highest BCUT2D eigenvalue weighted by Gasteiger charge is 2.19. The Bertz CT molecular complexity index is 237. The van der Waals surface area contributed by atoms with Crippen molar-refractivity contribution in [2.45, 2.75) is 32.7 Å². The molecule has 0 saturated carbocycles. The Kier molecular flexibility index (Phi) is 2.35. The van der Waals surface area contributed by atoms with E-state index in [4.69, 9.17) is 5.73 Å². The molecule has 2 N–H and O–H groups in total. The van der Waals surface area contributed by atoms with Gasteiger partial charge in [0.2, 0.25) is 0 Å². The Morgan fingerprint density at radius 1 is 1.55 bits per heavy atom. The lowest BCUT2D eigenvalue weighted by Gasteiger charge is -2.20. The third-order valence-corrected chi connectivity index (χ3v) is 3.32. The number of aryl methyl sites for hydroxylation is 1. The van der Waals surface area contributed by atoms with Crippen LogP contribution in [0.2, 0.25) is 0 Å². The van der Waals surface area contributed by atoms with E-state index < -0.39 is 0 Å². The quantitative estimate of drug-likeness (QED) is 0.723. The van der Waals surface area contributed by atoms with Crippen molar-refractivity contribution in [3.05, 3.63) is 21.9 Å². The second-order valence-electron chi connectivity index (χ2n) is 3.18. The normalized spacial score (nSPS) is 16.4. The van der Waals surface area contributed by atoms with Crippen LogP contribution in [0.1, 0.15) is 30.0 Å². The van der Waals surface area contributed by atoms with Crippen LogP contribution in [0.15, 0.2) is 12.1 Å². The SMILES string of the molecule is CC[C@](C)(N)c1ccc(C)s1. The molecule has 0 aliphatic carbocycles. The van der Waals surface area contributed by atoms with Crippen LogP contribution >= 0.6 is 11.3 Å². The van der Waals surface area contributed by atoms with Crippen molar-refractivity contribution in [2.24, 2.45) is 5.73 Å². The number of rotatable bonds is 2. The minimum Gasteiger partial charge on any atom is -0.321 e. The first-order chi connectivity index (χ1) is 5.06. The van der Waals surface area contributed by atoms with E-state index >= 15 is 0 Å². The van der Waals surface area contributed by atoms with Crippen LogP contribution in [0, 0.1) is 6.92 Å². The predicted molar refractivity (Wildman–Crippen MR) is 50.9 cm³/mol. The van der Waals surface area contributed by atoms with Crippen molar-refractivity contribution in [3.8, 4) is 0 Å². The van der Waals surface area contributed by atoms with E-state index in [1.807, 2.05) is 0 Å². The van der Waals surface area contributed by atoms with Crippen LogP contribution in [0.25, 0.3) is 0 Å². The summed E-state index contributed by atoms with van der Waals surface area (Å²) in [7, 11) is 0. The first kappa shape index (κ1) is 8.75. The highest BCUT2D eigenvalue weighted by atomic mass is 32.1. The largest absolute Gasteiger partial charge is 0.321 e. The second-order valence-corrected chi connectivity index (χ2v) is 4.47. The number of nitrogens with two attached hydrogens (primary N) is 1. The molecule has 0 amide bonds. The fraction of sp³-hybridized carbons (Fsp3) is 0.556. The molecule has 0 bridgehead atoms. The van der Waals surface area contributed by atoms with Crippen molar-refractivity contribution >= 4 is 11.3 Å². The van der Waals surface area contributed by atoms with E-state index in [1.54, 1.807) is 11.3 Å². The Hall–Kier alpha value is -0.340. The first-order valence-electron chi connectivity index (χ1n) is 3.92. The van der Waals surface area contributed by atoms with Crippen LogP contribution in [-0.4, -0.2) is 0 Å². The molecule has 0 unspecified atom stereocenters. The van der Waals surface area contributed by atoms with Gasteiger partial charge in [0, 0.05) is 15.3 Å². The van der Waals surface area contributed by atoms with Gasteiger partial charge < -0.3 is 5.73 Å². The van der Waals surface area contributed by atoms with Gasteiger partial charge in [-0.1, -0.05) is 6.92 Å². The lowest BCUT2D eigenvalue weighted by Crippen LogP contribution is -2.30. The topological polar surface area (TPSA) is 26.0 Å². The summed E-state index contributed by atoms with van der Waals surface area (Å²) in [5.74, 6) is 0. The highest BCUT2D eigenvalue weighted by molar-refractivity contribution is 7.12. The number of hydrogen-bond donors (Lipinski definition) is 1. The molecule has 11 heavy (non-hydrogen) atoms. The maximum atomic E-state index is 6.06. The molecule has 2 heteroatoms. The van der Waals surface area contributed by atoms with Crippen molar-refractivity contribution in [1.82, 2.24) is 0 Å². The molecular weight excluding hydrogens is 154 g/mol. The number of hydrogen-bond acceptors (Lipinski definition) is 2. The van der Waals surface area contributed by atoms with Gasteiger partial charge in [0.1, 0.15) is 0 Å². The maximum Gasteiger partial charge on any atom is 0.0472 e. The zero-order valence-corrected chi connectivity index (χ0v) is 8.16. The van der Waals surface area contributed by atoms with Gasteiger partial charge in [0.15, 0.2) is 0 Å². The van der Waals surface area contributed by atoms with Crippen molar-refractivity contribution < 1.29 is 0 Å². The van der Waals surface area contributed by atoms with Crippen molar-refractivity contribution in [3.63, 3.8) is 0 Å². The average molecular weight is 169 g/mol. The standard InChI is InChI=1S/C9H15NS/c1-4-9(3,10)8-6-5-7(2)11-8/h5-6H,4,10H2,1-3H3/t9-/m0/s1. The summed E-state index contributed by atoms with van der Waals surface area (Å²) < 4.78 is 0. The maximum absolute atomic E-state index is 6.06. The Morgan fingerprint density at radius 3 is 2.55 bits per heavy atom. The summed E-state index contributed by atoms with van der Waals surface area (Å²) in [6.07, 6.45) is 0.993. The summed E-state index contributed by atoms with van der Waals surface area (Å²) in [4.78, 5) is 2.63. The Morgan fingerprint density at radius 2 is 2.18 bits per heavy atom. The van der Waals surface area contributed by atoms with Crippen molar-refractivity contribution in [1.29, 1.82) is 0 Å². The molecule has 0 aromatic carbocycles. The third-order valence-electron chi connectivity index (χ3n) is 2.04. The molecule has 0 aliphatic heterocycles. The van der Waals surface area contributed by atoms with Crippen LogP contribution in [0.4, 0.5) is 0 Å². The van der Waals surface area contributed by atoms with Gasteiger partial charge >= 0.3 is 0 Å². The summed E-state index contributed by atoms with van der Waals surface area (Å²) in [5.41, 5.74) is 5.94. The van der Waals surface area contributed by atoms with Gasteiger partial charge in [-0.2, -0.15) is 0 Å². The molecule has 0 spiro atoms. The lowest BCUT2D eigenvalue weighted by molar-refractivity contribution is 0.486. The van der Waals surface area contributed by atoms with Gasteiger partial charge in [-0.3, -0.25) is 0 Å². The summed E-state index contributed by atoms with van der Waals surface area (Å²) >= 11 is 1.79. The average Bonchev–Trinajstić information content (AvgIpc) is 2.36.